The number of fused-ring (bicyclic) bond motifs is 1. The molecule has 1 aliphatic rings. The molecular weight excluding hydrogens is 506 g/mol. The molecule has 2 amide bonds. The van der Waals surface area contributed by atoms with Gasteiger partial charge in [-0.15, -0.1) is 0 Å². The van der Waals surface area contributed by atoms with Crippen LogP contribution in [0.15, 0.2) is 23.2 Å². The van der Waals surface area contributed by atoms with Gasteiger partial charge >= 0.3 is 5.97 Å². The molecule has 0 spiro atoms. The van der Waals surface area contributed by atoms with E-state index in [1.54, 1.807) is 41.7 Å². The van der Waals surface area contributed by atoms with Crippen LogP contribution in [0.2, 0.25) is 0 Å². The van der Waals surface area contributed by atoms with Crippen LogP contribution in [0.4, 0.5) is 0 Å². The van der Waals surface area contributed by atoms with Crippen LogP contribution in [-0.4, -0.2) is 80.6 Å². The predicted octanol–water partition coefficient (Wildman–Crippen LogP) is 1.87. The van der Waals surface area contributed by atoms with Crippen LogP contribution in [0.5, 0.6) is 0 Å². The minimum Gasteiger partial charge on any atom is -0.462 e. The number of hydrogen-bond donors (Lipinski definition) is 0. The molecule has 2 atom stereocenters. The number of methoxy groups -OCH3 is 1. The van der Waals surface area contributed by atoms with E-state index in [0.29, 0.717) is 48.3 Å². The highest BCUT2D eigenvalue weighted by Gasteiger charge is 2.29. The lowest BCUT2D eigenvalue weighted by atomic mass is 9.92. The Labute approximate surface area is 214 Å². The third-order valence-electron chi connectivity index (χ3n) is 5.84. The quantitative estimate of drug-likeness (QED) is 0.446. The smallest absolute Gasteiger partial charge is 0.338 e. The minimum atomic E-state index is -3.99. The van der Waals surface area contributed by atoms with Crippen molar-refractivity contribution >= 4 is 49.2 Å². The molecule has 1 aromatic carbocycles. The van der Waals surface area contributed by atoms with Gasteiger partial charge in [-0.2, -0.15) is 4.99 Å². The number of carbonyl (C=O) groups is 3. The molecule has 1 saturated heterocycles. The van der Waals surface area contributed by atoms with E-state index in [1.807, 2.05) is 13.8 Å². The van der Waals surface area contributed by atoms with Gasteiger partial charge in [-0.25, -0.2) is 13.2 Å². The second-order valence-electron chi connectivity index (χ2n) is 9.21. The fourth-order valence-electron chi connectivity index (χ4n) is 4.42. The Kier molecular flexibility index (Phi) is 9.42. The second-order valence-corrected chi connectivity index (χ2v) is 12.3. The molecule has 1 aliphatic heterocycles. The van der Waals surface area contributed by atoms with Crippen LogP contribution in [0.1, 0.15) is 37.6 Å². The number of nitrogens with zero attached hydrogens (tertiary/aromatic N) is 3. The molecule has 3 rings (SSSR count). The van der Waals surface area contributed by atoms with Gasteiger partial charge in [-0.3, -0.25) is 9.59 Å². The third-order valence-corrected chi connectivity index (χ3v) is 8.26. The normalized spacial score (nSPS) is 19.0. The second kappa shape index (κ2) is 12.1. The Bertz CT molecular complexity index is 1290. The van der Waals surface area contributed by atoms with E-state index in [1.165, 1.54) is 0 Å². The summed E-state index contributed by atoms with van der Waals surface area (Å²) in [5, 5.41) is 0. The molecule has 2 aromatic rings. The molecule has 0 radical (unpaired) electrons. The molecule has 0 bridgehead atoms. The minimum absolute atomic E-state index is 0.247. The number of benzene rings is 1. The summed E-state index contributed by atoms with van der Waals surface area (Å²) in [6.07, 6.45) is 0.993. The molecule has 1 fully saturated rings. The molecule has 36 heavy (non-hydrogen) atoms. The van der Waals surface area contributed by atoms with E-state index in [-0.39, 0.29) is 11.4 Å². The van der Waals surface area contributed by atoms with Crippen LogP contribution in [0.25, 0.3) is 10.2 Å². The molecule has 1 aromatic heterocycles. The molecule has 198 valence electrons. The monoisotopic (exact) mass is 539 g/mol. The number of aromatic nitrogens is 1. The van der Waals surface area contributed by atoms with Crippen LogP contribution in [-0.2, 0) is 35.4 Å². The summed E-state index contributed by atoms with van der Waals surface area (Å²) in [5.41, 5.74) is 1.09. The maximum Gasteiger partial charge on any atom is 0.338 e. The van der Waals surface area contributed by atoms with Crippen molar-refractivity contribution in [2.24, 2.45) is 16.8 Å². The van der Waals surface area contributed by atoms with Crippen molar-refractivity contribution in [1.82, 2.24) is 9.47 Å². The van der Waals surface area contributed by atoms with Crippen molar-refractivity contribution in [2.75, 3.05) is 44.9 Å². The SMILES string of the molecule is CCOC(=O)c1ccc2c(c1)sc(=NC(=O)CS(=O)(=O)CC(=O)N1CC(C)CC(C)C1)n2CCOC. The van der Waals surface area contributed by atoms with Crippen LogP contribution >= 0.6 is 11.3 Å². The first-order valence-electron chi connectivity index (χ1n) is 11.9. The Morgan fingerprint density at radius 2 is 1.83 bits per heavy atom. The van der Waals surface area contributed by atoms with Crippen molar-refractivity contribution in [2.45, 2.75) is 33.7 Å². The topological polar surface area (TPSA) is 124 Å². The number of sulfone groups is 1. The van der Waals surface area contributed by atoms with Gasteiger partial charge in [-0.1, -0.05) is 25.2 Å². The number of piperidine rings is 1. The number of hydrogen-bond acceptors (Lipinski definition) is 8. The highest BCUT2D eigenvalue weighted by Crippen LogP contribution is 2.22. The highest BCUT2D eigenvalue weighted by atomic mass is 32.2. The summed E-state index contributed by atoms with van der Waals surface area (Å²) in [6, 6.07) is 5.01. The van der Waals surface area contributed by atoms with Gasteiger partial charge in [0.05, 0.1) is 29.0 Å². The first kappa shape index (κ1) is 28.0. The number of esters is 1. The molecule has 10 nitrogen and oxygen atoms in total. The van der Waals surface area contributed by atoms with Gasteiger partial charge in [0.25, 0.3) is 5.91 Å². The number of likely N-dealkylation sites (tertiary alicyclic amines) is 1. The van der Waals surface area contributed by atoms with Crippen molar-refractivity contribution in [3.8, 4) is 0 Å². The van der Waals surface area contributed by atoms with Gasteiger partial charge in [0.1, 0.15) is 11.5 Å². The zero-order valence-corrected chi connectivity index (χ0v) is 22.7. The van der Waals surface area contributed by atoms with Crippen molar-refractivity contribution < 1.29 is 32.3 Å². The summed E-state index contributed by atoms with van der Waals surface area (Å²) in [4.78, 5) is 43.3. The number of rotatable bonds is 9. The molecular formula is C24H33N3O7S2. The zero-order chi connectivity index (χ0) is 26.5. The Balaban J connectivity index is 1.82. The van der Waals surface area contributed by atoms with Crippen molar-refractivity contribution in [3.05, 3.63) is 28.6 Å². The van der Waals surface area contributed by atoms with Crippen LogP contribution in [0, 0.1) is 11.8 Å². The summed E-state index contributed by atoms with van der Waals surface area (Å²) in [5.74, 6) is -2.76. The lowest BCUT2D eigenvalue weighted by Gasteiger charge is -2.34. The van der Waals surface area contributed by atoms with Crippen molar-refractivity contribution in [1.29, 1.82) is 0 Å². The van der Waals surface area contributed by atoms with E-state index in [4.69, 9.17) is 9.47 Å². The molecule has 2 heterocycles. The number of amides is 2. The molecule has 2 unspecified atom stereocenters. The summed E-state index contributed by atoms with van der Waals surface area (Å²) >= 11 is 1.16. The van der Waals surface area contributed by atoms with Crippen LogP contribution < -0.4 is 4.80 Å². The van der Waals surface area contributed by atoms with Crippen LogP contribution in [0.3, 0.4) is 0 Å². The number of ether oxygens (including phenoxy) is 2. The summed E-state index contributed by atoms with van der Waals surface area (Å²) in [7, 11) is -2.45. The van der Waals surface area contributed by atoms with Gasteiger partial charge in [0, 0.05) is 26.7 Å². The lowest BCUT2D eigenvalue weighted by molar-refractivity contribution is -0.131. The Morgan fingerprint density at radius 1 is 1.14 bits per heavy atom. The Morgan fingerprint density at radius 3 is 2.47 bits per heavy atom. The predicted molar refractivity (Wildman–Crippen MR) is 136 cm³/mol. The molecule has 0 aliphatic carbocycles. The van der Waals surface area contributed by atoms with E-state index in [0.717, 1.165) is 23.3 Å². The number of thiazole rings is 1. The summed E-state index contributed by atoms with van der Waals surface area (Å²) in [6.45, 7) is 7.79. The summed E-state index contributed by atoms with van der Waals surface area (Å²) < 4.78 is 37.9. The number of carbonyl (C=O) groups excluding carboxylic acids is 3. The molecule has 12 heteroatoms. The van der Waals surface area contributed by atoms with Gasteiger partial charge in [0.2, 0.25) is 5.91 Å². The maximum absolute atomic E-state index is 12.7. The van der Waals surface area contributed by atoms with E-state index < -0.39 is 39.1 Å². The fourth-order valence-corrected chi connectivity index (χ4v) is 6.64. The van der Waals surface area contributed by atoms with Gasteiger partial charge in [-0.05, 0) is 43.4 Å². The first-order chi connectivity index (χ1) is 17.0. The van der Waals surface area contributed by atoms with E-state index >= 15 is 0 Å². The van der Waals surface area contributed by atoms with E-state index in [2.05, 4.69) is 4.99 Å². The standard InChI is InChI=1S/C24H33N3O7S2/c1-5-34-23(30)18-6-7-19-20(11-18)35-24(27(19)8-9-33-4)25-21(28)14-36(31,32)15-22(29)26-12-16(2)10-17(3)13-26/h6-7,11,16-17H,5,8-10,12-15H2,1-4H3. The van der Waals surface area contributed by atoms with Crippen molar-refractivity contribution in [3.63, 3.8) is 0 Å². The highest BCUT2D eigenvalue weighted by molar-refractivity contribution is 7.92. The average Bonchev–Trinajstić information content (AvgIpc) is 3.12. The zero-order valence-electron chi connectivity index (χ0n) is 21.1. The third kappa shape index (κ3) is 7.23. The Hall–Kier alpha value is -2.57. The fraction of sp³-hybridized carbons (Fsp3) is 0.583. The lowest BCUT2D eigenvalue weighted by Crippen LogP contribution is -2.45. The van der Waals surface area contributed by atoms with E-state index in [9.17, 15) is 22.8 Å². The maximum atomic E-state index is 12.7. The van der Waals surface area contributed by atoms with Gasteiger partial charge < -0.3 is 18.9 Å². The van der Waals surface area contributed by atoms with Gasteiger partial charge in [0.15, 0.2) is 14.6 Å². The average molecular weight is 540 g/mol. The first-order valence-corrected chi connectivity index (χ1v) is 14.5. The largest absolute Gasteiger partial charge is 0.462 e. The molecule has 0 N–H and O–H groups in total. The molecule has 0 saturated carbocycles.